The summed E-state index contributed by atoms with van der Waals surface area (Å²) in [5, 5.41) is 0. The van der Waals surface area contributed by atoms with E-state index in [0.29, 0.717) is 5.56 Å². The summed E-state index contributed by atoms with van der Waals surface area (Å²) >= 11 is 0. The highest BCUT2D eigenvalue weighted by atomic mass is 19.4. The highest BCUT2D eigenvalue weighted by Crippen LogP contribution is 2.31. The molecule has 0 N–H and O–H groups in total. The largest absolute Gasteiger partial charge is 0.416 e. The van der Waals surface area contributed by atoms with Crippen LogP contribution in [0.3, 0.4) is 0 Å². The minimum Gasteiger partial charge on any atom is -0.289 e. The molecule has 4 heteroatoms. The second kappa shape index (κ2) is 6.02. The number of allylic oxidation sites excluding steroid dienone is 2. The average molecular weight is 302 g/mol. The first-order chi connectivity index (χ1) is 10.3. The topological polar surface area (TPSA) is 17.1 Å². The van der Waals surface area contributed by atoms with Crippen molar-refractivity contribution in [3.63, 3.8) is 0 Å². The number of hydrogen-bond acceptors (Lipinski definition) is 1. The first kappa shape index (κ1) is 15.8. The number of benzene rings is 2. The molecule has 2 aromatic rings. The number of Topliss-reactive ketones (excluding diaryl/α,β-unsaturated/α-hetero) is 1. The molecule has 0 aliphatic heterocycles. The highest BCUT2D eigenvalue weighted by Gasteiger charge is 2.30. The summed E-state index contributed by atoms with van der Waals surface area (Å²) < 4.78 is 38.2. The molecule has 22 heavy (non-hydrogen) atoms. The van der Waals surface area contributed by atoms with Gasteiger partial charge in [0, 0.05) is 11.1 Å². The average Bonchev–Trinajstić information content (AvgIpc) is 2.53. The summed E-state index contributed by atoms with van der Waals surface area (Å²) in [7, 11) is 0. The van der Waals surface area contributed by atoms with Crippen LogP contribution in [0.15, 0.2) is 67.8 Å². The maximum atomic E-state index is 12.7. The van der Waals surface area contributed by atoms with Gasteiger partial charge in [0.25, 0.3) is 0 Å². The van der Waals surface area contributed by atoms with Gasteiger partial charge in [-0.2, -0.15) is 13.2 Å². The molecule has 112 valence electrons. The molecule has 0 unspecified atom stereocenters. The predicted octanol–water partition coefficient (Wildman–Crippen LogP) is 5.00. The van der Waals surface area contributed by atoms with Crippen LogP contribution in [-0.2, 0) is 11.0 Å². The lowest BCUT2D eigenvalue weighted by Crippen LogP contribution is -2.07. The van der Waals surface area contributed by atoms with Crippen molar-refractivity contribution in [2.75, 3.05) is 0 Å². The summed E-state index contributed by atoms with van der Waals surface area (Å²) in [6.45, 7) is 7.33. The Morgan fingerprint density at radius 2 is 1.36 bits per heavy atom. The van der Waals surface area contributed by atoms with Crippen molar-refractivity contribution in [3.8, 4) is 0 Å². The molecule has 0 atom stereocenters. The zero-order valence-electron chi connectivity index (χ0n) is 11.7. The van der Waals surface area contributed by atoms with E-state index in [1.54, 1.807) is 30.3 Å². The Morgan fingerprint density at radius 3 is 1.95 bits per heavy atom. The molecule has 0 aliphatic rings. The molecule has 0 heterocycles. The lowest BCUT2D eigenvalue weighted by atomic mass is 9.94. The third kappa shape index (κ3) is 3.34. The number of alkyl halides is 3. The smallest absolute Gasteiger partial charge is 0.289 e. The predicted molar refractivity (Wildman–Crippen MR) is 81.0 cm³/mol. The van der Waals surface area contributed by atoms with E-state index in [1.165, 1.54) is 12.1 Å². The molecule has 0 fully saturated rings. The first-order valence-electron chi connectivity index (χ1n) is 6.46. The van der Waals surface area contributed by atoms with Gasteiger partial charge in [0.1, 0.15) is 0 Å². The molecule has 2 rings (SSSR count). The van der Waals surface area contributed by atoms with E-state index in [2.05, 4.69) is 13.2 Å². The van der Waals surface area contributed by atoms with Gasteiger partial charge in [-0.3, -0.25) is 4.79 Å². The van der Waals surface area contributed by atoms with Crippen molar-refractivity contribution in [2.24, 2.45) is 0 Å². The van der Waals surface area contributed by atoms with Gasteiger partial charge in [-0.05, 0) is 23.3 Å². The second-order valence-corrected chi connectivity index (χ2v) is 4.73. The number of hydrogen-bond donors (Lipinski definition) is 0. The molecule has 0 saturated carbocycles. The van der Waals surface area contributed by atoms with Crippen LogP contribution in [0.4, 0.5) is 13.2 Å². The van der Waals surface area contributed by atoms with E-state index >= 15 is 0 Å². The third-order valence-corrected chi connectivity index (χ3v) is 3.21. The van der Waals surface area contributed by atoms with E-state index in [9.17, 15) is 18.0 Å². The van der Waals surface area contributed by atoms with E-state index in [1.807, 2.05) is 0 Å². The van der Waals surface area contributed by atoms with Gasteiger partial charge in [0.2, 0.25) is 0 Å². The Balaban J connectivity index is 2.29. The van der Waals surface area contributed by atoms with Crippen LogP contribution >= 0.6 is 0 Å². The molecule has 0 amide bonds. The van der Waals surface area contributed by atoms with Crippen molar-refractivity contribution in [2.45, 2.75) is 6.18 Å². The summed E-state index contributed by atoms with van der Waals surface area (Å²) in [6, 6.07) is 13.3. The Hall–Kier alpha value is -2.62. The quantitative estimate of drug-likeness (QED) is 0.726. The maximum Gasteiger partial charge on any atom is 0.416 e. The fraction of sp³-hybridized carbons (Fsp3) is 0.0556. The standard InChI is InChI=1S/C18H13F3O/c1-12(14-7-4-3-5-8-14)17(22)13(2)15-9-6-10-16(11-15)18(19,20)21/h3-11H,1-2H2. The molecule has 0 spiro atoms. The molecule has 0 aliphatic carbocycles. The Bertz CT molecular complexity index is 727. The van der Waals surface area contributed by atoms with Gasteiger partial charge in [-0.25, -0.2) is 0 Å². The number of halogens is 3. The number of carbonyl (C=O) groups excluding carboxylic acids is 1. The Morgan fingerprint density at radius 1 is 0.818 bits per heavy atom. The zero-order chi connectivity index (χ0) is 16.3. The van der Waals surface area contributed by atoms with E-state index in [0.717, 1.165) is 12.1 Å². The molecule has 1 nitrogen and oxygen atoms in total. The van der Waals surface area contributed by atoms with Crippen LogP contribution < -0.4 is 0 Å². The number of ketones is 1. The van der Waals surface area contributed by atoms with Gasteiger partial charge >= 0.3 is 6.18 Å². The zero-order valence-corrected chi connectivity index (χ0v) is 11.7. The maximum absolute atomic E-state index is 12.7. The third-order valence-electron chi connectivity index (χ3n) is 3.21. The van der Waals surface area contributed by atoms with Gasteiger partial charge in [-0.15, -0.1) is 0 Å². The molecule has 0 radical (unpaired) electrons. The SMILES string of the molecule is C=C(C(=O)C(=C)c1cccc(C(F)(F)F)c1)c1ccccc1. The fourth-order valence-electron chi connectivity index (χ4n) is 1.97. The van der Waals surface area contributed by atoms with Gasteiger partial charge < -0.3 is 0 Å². The minimum atomic E-state index is -4.46. The summed E-state index contributed by atoms with van der Waals surface area (Å²) in [4.78, 5) is 12.3. The monoisotopic (exact) mass is 302 g/mol. The molecule has 0 aromatic heterocycles. The van der Waals surface area contributed by atoms with Crippen molar-refractivity contribution >= 4 is 16.9 Å². The fourth-order valence-corrected chi connectivity index (χ4v) is 1.97. The van der Waals surface area contributed by atoms with Crippen LogP contribution in [0.1, 0.15) is 16.7 Å². The molecular formula is C18H13F3O. The normalized spacial score (nSPS) is 11.0. The van der Waals surface area contributed by atoms with Crippen molar-refractivity contribution in [3.05, 3.63) is 84.4 Å². The van der Waals surface area contributed by atoms with Crippen molar-refractivity contribution in [1.29, 1.82) is 0 Å². The van der Waals surface area contributed by atoms with E-state index < -0.39 is 17.5 Å². The summed E-state index contributed by atoms with van der Waals surface area (Å²) in [6.07, 6.45) is -4.46. The Kier molecular flexibility index (Phi) is 4.31. The second-order valence-electron chi connectivity index (χ2n) is 4.73. The van der Waals surface area contributed by atoms with E-state index in [-0.39, 0.29) is 16.7 Å². The lowest BCUT2D eigenvalue weighted by molar-refractivity contribution is -0.137. The van der Waals surface area contributed by atoms with Crippen molar-refractivity contribution < 1.29 is 18.0 Å². The first-order valence-corrected chi connectivity index (χ1v) is 6.46. The highest BCUT2D eigenvalue weighted by molar-refractivity contribution is 6.41. The van der Waals surface area contributed by atoms with Crippen LogP contribution in [0.25, 0.3) is 11.1 Å². The summed E-state index contributed by atoms with van der Waals surface area (Å²) in [5.74, 6) is -0.481. The lowest BCUT2D eigenvalue weighted by Gasteiger charge is -2.11. The summed E-state index contributed by atoms with van der Waals surface area (Å²) in [5.41, 5.74) is 0.116. The van der Waals surface area contributed by atoms with Gasteiger partial charge in [0.15, 0.2) is 5.78 Å². The van der Waals surface area contributed by atoms with E-state index in [4.69, 9.17) is 0 Å². The number of rotatable bonds is 4. The van der Waals surface area contributed by atoms with Gasteiger partial charge in [-0.1, -0.05) is 55.6 Å². The molecular weight excluding hydrogens is 289 g/mol. The molecule has 0 bridgehead atoms. The van der Waals surface area contributed by atoms with Crippen LogP contribution in [0.2, 0.25) is 0 Å². The minimum absolute atomic E-state index is 0.0139. The Labute approximate surface area is 126 Å². The number of carbonyl (C=O) groups is 1. The van der Waals surface area contributed by atoms with Crippen LogP contribution in [0.5, 0.6) is 0 Å². The molecule has 2 aromatic carbocycles. The molecule has 0 saturated heterocycles. The van der Waals surface area contributed by atoms with Crippen LogP contribution in [0, 0.1) is 0 Å². The van der Waals surface area contributed by atoms with Crippen LogP contribution in [-0.4, -0.2) is 5.78 Å². The van der Waals surface area contributed by atoms with Gasteiger partial charge in [0.05, 0.1) is 5.56 Å². The van der Waals surface area contributed by atoms with Crippen molar-refractivity contribution in [1.82, 2.24) is 0 Å².